The van der Waals surface area contributed by atoms with Crippen LogP contribution in [0.15, 0.2) is 0 Å². The molecular weight excluding hydrogens is 216 g/mol. The predicted molar refractivity (Wildman–Crippen MR) is 57.5 cm³/mol. The third-order valence-electron chi connectivity index (χ3n) is 2.77. The number of amides is 1. The summed E-state index contributed by atoms with van der Waals surface area (Å²) in [6.07, 6.45) is 1.78. The molecule has 0 bridgehead atoms. The highest BCUT2D eigenvalue weighted by molar-refractivity contribution is 7.90. The van der Waals surface area contributed by atoms with Gasteiger partial charge in [-0.1, -0.05) is 0 Å². The Balaban J connectivity index is 2.71. The van der Waals surface area contributed by atoms with E-state index in [9.17, 15) is 13.2 Å². The largest absolute Gasteiger partial charge is 0.317 e. The SMILES string of the molecule is CC(C)S(=O)(=O)NC(=O)C(C)(N)C1CC1. The van der Waals surface area contributed by atoms with Crippen LogP contribution in [0, 0.1) is 5.92 Å². The van der Waals surface area contributed by atoms with Crippen LogP contribution in [0.2, 0.25) is 0 Å². The molecular formula is C9H18N2O3S. The Bertz CT molecular complexity index is 356. The number of nitrogens with two attached hydrogens (primary N) is 1. The molecule has 0 saturated heterocycles. The molecule has 1 amide bonds. The first-order valence-corrected chi connectivity index (χ1v) is 6.57. The highest BCUT2D eigenvalue weighted by atomic mass is 32.2. The number of rotatable bonds is 4. The van der Waals surface area contributed by atoms with Gasteiger partial charge in [-0.15, -0.1) is 0 Å². The molecule has 0 aromatic rings. The van der Waals surface area contributed by atoms with Gasteiger partial charge in [-0.3, -0.25) is 9.52 Å². The number of carbonyl (C=O) groups is 1. The zero-order valence-corrected chi connectivity index (χ0v) is 10.1. The molecule has 0 radical (unpaired) electrons. The molecule has 1 atom stereocenters. The van der Waals surface area contributed by atoms with Gasteiger partial charge < -0.3 is 5.73 Å². The zero-order chi connectivity index (χ0) is 11.9. The lowest BCUT2D eigenvalue weighted by molar-refractivity contribution is -0.124. The summed E-state index contributed by atoms with van der Waals surface area (Å²) in [7, 11) is -3.57. The molecule has 0 spiro atoms. The van der Waals surface area contributed by atoms with E-state index in [-0.39, 0.29) is 5.92 Å². The Morgan fingerprint density at radius 2 is 1.93 bits per heavy atom. The normalized spacial score (nSPS) is 21.1. The lowest BCUT2D eigenvalue weighted by Gasteiger charge is -2.23. The Morgan fingerprint density at radius 1 is 1.47 bits per heavy atom. The van der Waals surface area contributed by atoms with Crippen molar-refractivity contribution in [3.63, 3.8) is 0 Å². The maximum atomic E-state index is 11.7. The molecule has 1 rings (SSSR count). The van der Waals surface area contributed by atoms with E-state index >= 15 is 0 Å². The fourth-order valence-electron chi connectivity index (χ4n) is 1.23. The second-order valence-electron chi connectivity index (χ2n) is 4.58. The molecule has 3 N–H and O–H groups in total. The predicted octanol–water partition coefficient (Wildman–Crippen LogP) is -0.0318. The van der Waals surface area contributed by atoms with Crippen molar-refractivity contribution >= 4 is 15.9 Å². The minimum atomic E-state index is -3.57. The van der Waals surface area contributed by atoms with Gasteiger partial charge in [0.25, 0.3) is 5.91 Å². The highest BCUT2D eigenvalue weighted by Crippen LogP contribution is 2.38. The zero-order valence-electron chi connectivity index (χ0n) is 9.28. The van der Waals surface area contributed by atoms with Gasteiger partial charge in [-0.25, -0.2) is 8.42 Å². The summed E-state index contributed by atoms with van der Waals surface area (Å²) in [6.45, 7) is 4.61. The van der Waals surface area contributed by atoms with E-state index in [4.69, 9.17) is 5.73 Å². The van der Waals surface area contributed by atoms with Crippen molar-refractivity contribution in [2.45, 2.75) is 44.4 Å². The van der Waals surface area contributed by atoms with Crippen LogP contribution in [0.5, 0.6) is 0 Å². The molecule has 1 fully saturated rings. The van der Waals surface area contributed by atoms with Gasteiger partial charge >= 0.3 is 0 Å². The van der Waals surface area contributed by atoms with Crippen LogP contribution in [0.3, 0.4) is 0 Å². The fraction of sp³-hybridized carbons (Fsp3) is 0.889. The summed E-state index contributed by atoms with van der Waals surface area (Å²) < 4.78 is 24.9. The molecule has 0 aromatic heterocycles. The average Bonchev–Trinajstić information content (AvgIpc) is 2.84. The first kappa shape index (κ1) is 12.4. The Labute approximate surface area is 90.5 Å². The van der Waals surface area contributed by atoms with Crippen molar-refractivity contribution in [1.29, 1.82) is 0 Å². The monoisotopic (exact) mass is 234 g/mol. The molecule has 5 nitrogen and oxygen atoms in total. The van der Waals surface area contributed by atoms with Crippen LogP contribution in [-0.4, -0.2) is 25.1 Å². The van der Waals surface area contributed by atoms with Crippen LogP contribution >= 0.6 is 0 Å². The Kier molecular flexibility index (Phi) is 3.11. The van der Waals surface area contributed by atoms with Crippen molar-refractivity contribution in [2.24, 2.45) is 11.7 Å². The van der Waals surface area contributed by atoms with Crippen LogP contribution in [0.25, 0.3) is 0 Å². The number of carbonyl (C=O) groups excluding carboxylic acids is 1. The van der Waals surface area contributed by atoms with E-state index in [0.717, 1.165) is 12.8 Å². The number of hydrogen-bond donors (Lipinski definition) is 2. The fourth-order valence-corrected chi connectivity index (χ4v) is 1.94. The first-order valence-electron chi connectivity index (χ1n) is 5.03. The van der Waals surface area contributed by atoms with E-state index in [0.29, 0.717) is 0 Å². The van der Waals surface area contributed by atoms with E-state index in [2.05, 4.69) is 0 Å². The van der Waals surface area contributed by atoms with Crippen molar-refractivity contribution in [3.8, 4) is 0 Å². The molecule has 1 saturated carbocycles. The van der Waals surface area contributed by atoms with Gasteiger partial charge in [0.2, 0.25) is 10.0 Å². The molecule has 15 heavy (non-hydrogen) atoms. The lowest BCUT2D eigenvalue weighted by atomic mass is 9.97. The molecule has 0 heterocycles. The number of hydrogen-bond acceptors (Lipinski definition) is 4. The summed E-state index contributed by atoms with van der Waals surface area (Å²) in [6, 6.07) is 0. The standard InChI is InChI=1S/C9H18N2O3S/c1-6(2)15(13,14)11-8(12)9(3,10)7-4-5-7/h6-7H,4-5,10H2,1-3H3,(H,11,12). The highest BCUT2D eigenvalue weighted by Gasteiger charge is 2.45. The summed E-state index contributed by atoms with van der Waals surface area (Å²) in [5, 5.41) is -0.628. The third-order valence-corrected chi connectivity index (χ3v) is 4.48. The summed E-state index contributed by atoms with van der Waals surface area (Å²) in [4.78, 5) is 11.7. The van der Waals surface area contributed by atoms with Crippen LogP contribution < -0.4 is 10.5 Å². The maximum Gasteiger partial charge on any atom is 0.253 e. The van der Waals surface area contributed by atoms with E-state index in [1.807, 2.05) is 4.72 Å². The third kappa shape index (κ3) is 2.69. The summed E-state index contributed by atoms with van der Waals surface area (Å²) >= 11 is 0. The maximum absolute atomic E-state index is 11.7. The van der Waals surface area contributed by atoms with Gasteiger partial charge in [-0.2, -0.15) is 0 Å². The Hall–Kier alpha value is -0.620. The van der Waals surface area contributed by atoms with E-state index in [1.165, 1.54) is 13.8 Å². The molecule has 0 aliphatic heterocycles. The minimum Gasteiger partial charge on any atom is -0.317 e. The number of sulfonamides is 1. The summed E-state index contributed by atoms with van der Waals surface area (Å²) in [5.74, 6) is -0.487. The molecule has 88 valence electrons. The van der Waals surface area contributed by atoms with E-state index in [1.54, 1.807) is 6.92 Å². The van der Waals surface area contributed by atoms with Gasteiger partial charge in [0.1, 0.15) is 0 Å². The van der Waals surface area contributed by atoms with Gasteiger partial charge in [-0.05, 0) is 39.5 Å². The van der Waals surface area contributed by atoms with Crippen molar-refractivity contribution in [1.82, 2.24) is 4.72 Å². The van der Waals surface area contributed by atoms with Crippen molar-refractivity contribution in [3.05, 3.63) is 0 Å². The second-order valence-corrected chi connectivity index (χ2v) is 6.82. The molecule has 1 aliphatic rings. The minimum absolute atomic E-state index is 0.111. The van der Waals surface area contributed by atoms with E-state index < -0.39 is 26.7 Å². The smallest absolute Gasteiger partial charge is 0.253 e. The van der Waals surface area contributed by atoms with Crippen LogP contribution in [0.4, 0.5) is 0 Å². The topological polar surface area (TPSA) is 89.3 Å². The Morgan fingerprint density at radius 3 is 2.27 bits per heavy atom. The van der Waals surface area contributed by atoms with Crippen LogP contribution in [0.1, 0.15) is 33.6 Å². The summed E-state index contributed by atoms with van der Waals surface area (Å²) in [5.41, 5.74) is 4.73. The lowest BCUT2D eigenvalue weighted by Crippen LogP contribution is -2.55. The quantitative estimate of drug-likeness (QED) is 0.714. The van der Waals surface area contributed by atoms with Crippen molar-refractivity contribution in [2.75, 3.05) is 0 Å². The number of nitrogens with one attached hydrogen (secondary N) is 1. The molecule has 6 heteroatoms. The molecule has 1 aliphatic carbocycles. The molecule has 1 unspecified atom stereocenters. The van der Waals surface area contributed by atoms with Gasteiger partial charge in [0, 0.05) is 0 Å². The second kappa shape index (κ2) is 3.75. The van der Waals surface area contributed by atoms with Gasteiger partial charge in [0.15, 0.2) is 0 Å². The molecule has 0 aromatic carbocycles. The van der Waals surface area contributed by atoms with Crippen molar-refractivity contribution < 1.29 is 13.2 Å². The average molecular weight is 234 g/mol. The van der Waals surface area contributed by atoms with Gasteiger partial charge in [0.05, 0.1) is 10.8 Å². The van der Waals surface area contributed by atoms with Crippen LogP contribution in [-0.2, 0) is 14.8 Å². The first-order chi connectivity index (χ1) is 6.68.